The molecule has 0 N–H and O–H groups in total. The number of hydrogen-bond donors (Lipinski definition) is 0. The SMILES string of the molecule is Cc1ccc2c(-c3cc(F)c(Cl)cc3F)ncnc2n1. The average molecular weight is 292 g/mol. The van der Waals surface area contributed by atoms with Crippen LogP contribution in [-0.4, -0.2) is 15.0 Å². The maximum Gasteiger partial charge on any atom is 0.163 e. The predicted octanol–water partition coefficient (Wildman–Crippen LogP) is 3.93. The molecule has 3 rings (SSSR count). The monoisotopic (exact) mass is 291 g/mol. The summed E-state index contributed by atoms with van der Waals surface area (Å²) in [6, 6.07) is 5.46. The van der Waals surface area contributed by atoms with Gasteiger partial charge in [0.15, 0.2) is 5.65 Å². The molecule has 0 fully saturated rings. The zero-order chi connectivity index (χ0) is 14.3. The number of aromatic nitrogens is 3. The summed E-state index contributed by atoms with van der Waals surface area (Å²) in [4.78, 5) is 12.3. The first kappa shape index (κ1) is 12.9. The highest BCUT2D eigenvalue weighted by Gasteiger charge is 2.15. The molecule has 0 saturated heterocycles. The molecule has 0 atom stereocenters. The van der Waals surface area contributed by atoms with Gasteiger partial charge < -0.3 is 0 Å². The van der Waals surface area contributed by atoms with E-state index < -0.39 is 11.6 Å². The van der Waals surface area contributed by atoms with Gasteiger partial charge in [0, 0.05) is 16.6 Å². The standard InChI is InChI=1S/C14H8ClF2N3/c1-7-2-3-8-13(18-6-19-14(8)20-7)9-4-12(17)10(15)5-11(9)16/h2-6H,1H3. The summed E-state index contributed by atoms with van der Waals surface area (Å²) in [7, 11) is 0. The van der Waals surface area contributed by atoms with Gasteiger partial charge in [-0.1, -0.05) is 11.6 Å². The molecule has 6 heteroatoms. The number of aryl methyl sites for hydroxylation is 1. The van der Waals surface area contributed by atoms with Gasteiger partial charge >= 0.3 is 0 Å². The maximum absolute atomic E-state index is 14.0. The first-order chi connectivity index (χ1) is 9.56. The third kappa shape index (κ3) is 2.10. The van der Waals surface area contributed by atoms with Crippen molar-refractivity contribution < 1.29 is 8.78 Å². The van der Waals surface area contributed by atoms with E-state index >= 15 is 0 Å². The molecule has 2 aromatic heterocycles. The van der Waals surface area contributed by atoms with E-state index in [1.807, 2.05) is 6.92 Å². The predicted molar refractivity (Wildman–Crippen MR) is 72.4 cm³/mol. The van der Waals surface area contributed by atoms with Gasteiger partial charge in [0.1, 0.15) is 18.0 Å². The van der Waals surface area contributed by atoms with Crippen molar-refractivity contribution in [2.45, 2.75) is 6.92 Å². The molecule has 0 amide bonds. The maximum atomic E-state index is 14.0. The quantitative estimate of drug-likeness (QED) is 0.638. The van der Waals surface area contributed by atoms with Gasteiger partial charge in [0.2, 0.25) is 0 Å². The molecule has 3 nitrogen and oxygen atoms in total. The second-order valence-corrected chi connectivity index (χ2v) is 4.70. The first-order valence-corrected chi connectivity index (χ1v) is 6.17. The van der Waals surface area contributed by atoms with Crippen LogP contribution in [0, 0.1) is 18.6 Å². The molecule has 3 aromatic rings. The largest absolute Gasteiger partial charge is 0.235 e. The molecule has 2 heterocycles. The van der Waals surface area contributed by atoms with Gasteiger partial charge in [-0.3, -0.25) is 0 Å². The molecule has 0 radical (unpaired) electrons. The van der Waals surface area contributed by atoms with Crippen molar-refractivity contribution in [2.75, 3.05) is 0 Å². The fraction of sp³-hybridized carbons (Fsp3) is 0.0714. The lowest BCUT2D eigenvalue weighted by molar-refractivity contribution is 0.603. The van der Waals surface area contributed by atoms with E-state index in [4.69, 9.17) is 11.6 Å². The highest BCUT2D eigenvalue weighted by atomic mass is 35.5. The summed E-state index contributed by atoms with van der Waals surface area (Å²) >= 11 is 5.55. The molecule has 100 valence electrons. The zero-order valence-electron chi connectivity index (χ0n) is 10.4. The third-order valence-corrected chi connectivity index (χ3v) is 3.19. The lowest BCUT2D eigenvalue weighted by atomic mass is 10.1. The number of hydrogen-bond acceptors (Lipinski definition) is 3. The number of halogens is 3. The Bertz CT molecular complexity index is 821. The summed E-state index contributed by atoms with van der Waals surface area (Å²) < 4.78 is 27.5. The minimum Gasteiger partial charge on any atom is -0.235 e. The van der Waals surface area contributed by atoms with Gasteiger partial charge in [0.25, 0.3) is 0 Å². The van der Waals surface area contributed by atoms with E-state index in [-0.39, 0.29) is 16.3 Å². The summed E-state index contributed by atoms with van der Waals surface area (Å²) in [6.07, 6.45) is 1.27. The summed E-state index contributed by atoms with van der Waals surface area (Å²) in [5.74, 6) is -1.34. The van der Waals surface area contributed by atoms with E-state index in [0.717, 1.165) is 17.8 Å². The normalized spacial score (nSPS) is 11.0. The Labute approximate surface area is 118 Å². The summed E-state index contributed by atoms with van der Waals surface area (Å²) in [5, 5.41) is 0.289. The van der Waals surface area contributed by atoms with Crippen LogP contribution in [0.25, 0.3) is 22.3 Å². The van der Waals surface area contributed by atoms with Crippen LogP contribution in [0.15, 0.2) is 30.6 Å². The minimum atomic E-state index is -0.699. The van der Waals surface area contributed by atoms with Crippen LogP contribution in [-0.2, 0) is 0 Å². The van der Waals surface area contributed by atoms with Crippen LogP contribution in [0.4, 0.5) is 8.78 Å². The Hall–Kier alpha value is -2.14. The molecule has 0 aliphatic rings. The number of fused-ring (bicyclic) bond motifs is 1. The Balaban J connectivity index is 2.32. The lowest BCUT2D eigenvalue weighted by Crippen LogP contribution is -1.95. The number of nitrogens with zero attached hydrogens (tertiary/aromatic N) is 3. The fourth-order valence-electron chi connectivity index (χ4n) is 1.96. The first-order valence-electron chi connectivity index (χ1n) is 5.79. The molecule has 0 bridgehead atoms. The van der Waals surface area contributed by atoms with Crippen LogP contribution in [0.1, 0.15) is 5.69 Å². The van der Waals surface area contributed by atoms with E-state index in [1.165, 1.54) is 6.33 Å². The van der Waals surface area contributed by atoms with Crippen molar-refractivity contribution in [3.8, 4) is 11.3 Å². The minimum absolute atomic E-state index is 0.0324. The fourth-order valence-corrected chi connectivity index (χ4v) is 2.11. The van der Waals surface area contributed by atoms with Crippen LogP contribution >= 0.6 is 11.6 Å². The van der Waals surface area contributed by atoms with Crippen molar-refractivity contribution in [1.82, 2.24) is 15.0 Å². The van der Waals surface area contributed by atoms with Crippen LogP contribution < -0.4 is 0 Å². The van der Waals surface area contributed by atoms with E-state index in [1.54, 1.807) is 12.1 Å². The van der Waals surface area contributed by atoms with Crippen molar-refractivity contribution in [1.29, 1.82) is 0 Å². The summed E-state index contributed by atoms with van der Waals surface area (Å²) in [6.45, 7) is 1.82. The second kappa shape index (κ2) is 4.76. The zero-order valence-corrected chi connectivity index (χ0v) is 11.1. The van der Waals surface area contributed by atoms with Gasteiger partial charge in [-0.25, -0.2) is 23.7 Å². The highest BCUT2D eigenvalue weighted by Crippen LogP contribution is 2.30. The van der Waals surface area contributed by atoms with E-state index in [9.17, 15) is 8.78 Å². The molecular weight excluding hydrogens is 284 g/mol. The van der Waals surface area contributed by atoms with E-state index in [0.29, 0.717) is 11.0 Å². The Morgan fingerprint density at radius 1 is 1.05 bits per heavy atom. The Kier molecular flexibility index (Phi) is 3.06. The van der Waals surface area contributed by atoms with Crippen molar-refractivity contribution >= 4 is 22.6 Å². The number of pyridine rings is 1. The van der Waals surface area contributed by atoms with Crippen molar-refractivity contribution in [3.63, 3.8) is 0 Å². The Morgan fingerprint density at radius 2 is 1.85 bits per heavy atom. The Morgan fingerprint density at radius 3 is 2.65 bits per heavy atom. The molecule has 0 saturated carbocycles. The second-order valence-electron chi connectivity index (χ2n) is 4.29. The smallest absolute Gasteiger partial charge is 0.163 e. The van der Waals surface area contributed by atoms with Gasteiger partial charge in [0.05, 0.1) is 10.7 Å². The number of benzene rings is 1. The number of rotatable bonds is 1. The topological polar surface area (TPSA) is 38.7 Å². The summed E-state index contributed by atoms with van der Waals surface area (Å²) in [5.41, 5.74) is 1.54. The van der Waals surface area contributed by atoms with E-state index in [2.05, 4.69) is 15.0 Å². The van der Waals surface area contributed by atoms with Crippen LogP contribution in [0.2, 0.25) is 5.02 Å². The third-order valence-electron chi connectivity index (χ3n) is 2.90. The molecule has 0 aliphatic heterocycles. The highest BCUT2D eigenvalue weighted by molar-refractivity contribution is 6.30. The molecule has 0 unspecified atom stereocenters. The van der Waals surface area contributed by atoms with Crippen molar-refractivity contribution in [3.05, 3.63) is 52.9 Å². The van der Waals surface area contributed by atoms with Crippen LogP contribution in [0.5, 0.6) is 0 Å². The average Bonchev–Trinajstić information content (AvgIpc) is 2.42. The van der Waals surface area contributed by atoms with Gasteiger partial charge in [-0.05, 0) is 31.2 Å². The molecule has 0 spiro atoms. The van der Waals surface area contributed by atoms with Crippen molar-refractivity contribution in [2.24, 2.45) is 0 Å². The molecule has 1 aromatic carbocycles. The molecule has 20 heavy (non-hydrogen) atoms. The van der Waals surface area contributed by atoms with Gasteiger partial charge in [-0.2, -0.15) is 0 Å². The van der Waals surface area contributed by atoms with Crippen LogP contribution in [0.3, 0.4) is 0 Å². The molecule has 0 aliphatic carbocycles. The van der Waals surface area contributed by atoms with Gasteiger partial charge in [-0.15, -0.1) is 0 Å². The lowest BCUT2D eigenvalue weighted by Gasteiger charge is -2.07. The molecular formula is C14H8ClF2N3.